The van der Waals surface area contributed by atoms with E-state index in [-0.39, 0.29) is 5.54 Å². The molecule has 1 saturated heterocycles. The van der Waals surface area contributed by atoms with Gasteiger partial charge in [-0.3, -0.25) is 9.89 Å². The van der Waals surface area contributed by atoms with Crippen LogP contribution in [0.4, 0.5) is 0 Å². The topological polar surface area (TPSA) is 68.9 Å². The van der Waals surface area contributed by atoms with E-state index in [9.17, 15) is 0 Å². The van der Waals surface area contributed by atoms with Crippen LogP contribution in [0.5, 0.6) is 0 Å². The molecule has 0 atom stereocenters. The number of nitrogens with zero attached hydrogens (tertiary/aromatic N) is 4. The van der Waals surface area contributed by atoms with E-state index in [1.165, 1.54) is 0 Å². The van der Waals surface area contributed by atoms with Gasteiger partial charge in [0.1, 0.15) is 5.76 Å². The predicted octanol–water partition coefficient (Wildman–Crippen LogP) is 1.06. The number of aryl methyl sites for hydroxylation is 1. The zero-order chi connectivity index (χ0) is 17.6. The van der Waals surface area contributed by atoms with Crippen LogP contribution in [-0.2, 0) is 6.54 Å². The maximum absolute atomic E-state index is 5.14. The molecule has 1 aliphatic rings. The summed E-state index contributed by atoms with van der Waals surface area (Å²) in [5.74, 6) is 1.86. The third-order valence-corrected chi connectivity index (χ3v) is 4.01. The summed E-state index contributed by atoms with van der Waals surface area (Å²) in [6.45, 7) is 15.1. The van der Waals surface area contributed by atoms with Gasteiger partial charge in [0.15, 0.2) is 5.96 Å². The average molecular weight is 336 g/mol. The quantitative estimate of drug-likeness (QED) is 0.476. The van der Waals surface area contributed by atoms with Crippen molar-refractivity contribution in [2.45, 2.75) is 39.8 Å². The summed E-state index contributed by atoms with van der Waals surface area (Å²) in [7, 11) is 1.85. The van der Waals surface area contributed by atoms with Crippen LogP contribution in [-0.4, -0.2) is 72.8 Å². The van der Waals surface area contributed by atoms with E-state index in [1.54, 1.807) is 0 Å². The SMILES string of the molecule is CN=C(NCCNC(C)(C)C)N1CCN(Cc2cc(C)on2)CC1. The van der Waals surface area contributed by atoms with Crippen LogP contribution in [0, 0.1) is 6.92 Å². The summed E-state index contributed by atoms with van der Waals surface area (Å²) >= 11 is 0. The molecule has 0 aromatic carbocycles. The summed E-state index contributed by atoms with van der Waals surface area (Å²) in [5.41, 5.74) is 1.16. The summed E-state index contributed by atoms with van der Waals surface area (Å²) in [6.07, 6.45) is 0. The van der Waals surface area contributed by atoms with Crippen molar-refractivity contribution in [3.8, 4) is 0 Å². The van der Waals surface area contributed by atoms with Crippen LogP contribution in [0.2, 0.25) is 0 Å². The number of guanidine groups is 1. The first-order chi connectivity index (χ1) is 11.4. The summed E-state index contributed by atoms with van der Waals surface area (Å²) in [4.78, 5) is 9.14. The Morgan fingerprint density at radius 2 is 1.96 bits per heavy atom. The Labute approximate surface area is 145 Å². The second-order valence-corrected chi connectivity index (χ2v) is 7.34. The lowest BCUT2D eigenvalue weighted by molar-refractivity contribution is 0.169. The van der Waals surface area contributed by atoms with Crippen LogP contribution in [0.25, 0.3) is 0 Å². The average Bonchev–Trinajstić information content (AvgIpc) is 2.92. The molecule has 1 fully saturated rings. The van der Waals surface area contributed by atoms with E-state index in [2.05, 4.69) is 51.4 Å². The third-order valence-electron chi connectivity index (χ3n) is 4.01. The van der Waals surface area contributed by atoms with Gasteiger partial charge in [-0.1, -0.05) is 5.16 Å². The molecule has 0 bridgehead atoms. The molecule has 0 amide bonds. The highest BCUT2D eigenvalue weighted by Crippen LogP contribution is 2.09. The highest BCUT2D eigenvalue weighted by Gasteiger charge is 2.20. The molecule has 2 N–H and O–H groups in total. The maximum Gasteiger partial charge on any atom is 0.193 e. The fourth-order valence-electron chi connectivity index (χ4n) is 2.78. The summed E-state index contributed by atoms with van der Waals surface area (Å²) in [6, 6.07) is 2.01. The second kappa shape index (κ2) is 8.48. The molecule has 2 rings (SSSR count). The Hall–Kier alpha value is -1.60. The highest BCUT2D eigenvalue weighted by atomic mass is 16.5. The summed E-state index contributed by atoms with van der Waals surface area (Å²) < 4.78 is 5.14. The Morgan fingerprint density at radius 1 is 1.25 bits per heavy atom. The van der Waals surface area contributed by atoms with Gasteiger partial charge in [0.05, 0.1) is 5.69 Å². The number of hydrogen-bond acceptors (Lipinski definition) is 5. The monoisotopic (exact) mass is 336 g/mol. The van der Waals surface area contributed by atoms with Gasteiger partial charge in [0, 0.05) is 64.5 Å². The standard InChI is InChI=1S/C17H32N6O/c1-14-12-15(21-24-14)13-22-8-10-23(11-9-22)16(18-5)19-6-7-20-17(2,3)4/h12,20H,6-11,13H2,1-5H3,(H,18,19). The molecule has 0 saturated carbocycles. The highest BCUT2D eigenvalue weighted by molar-refractivity contribution is 5.80. The molecular formula is C17H32N6O. The van der Waals surface area contributed by atoms with Crippen molar-refractivity contribution in [1.29, 1.82) is 0 Å². The largest absolute Gasteiger partial charge is 0.361 e. The maximum atomic E-state index is 5.14. The number of aromatic nitrogens is 1. The first kappa shape index (κ1) is 18.7. The van der Waals surface area contributed by atoms with Crippen molar-refractivity contribution < 1.29 is 4.52 Å². The molecule has 0 unspecified atom stereocenters. The molecule has 2 heterocycles. The number of rotatable bonds is 5. The van der Waals surface area contributed by atoms with Crippen LogP contribution in [0.15, 0.2) is 15.6 Å². The molecule has 1 aromatic heterocycles. The van der Waals surface area contributed by atoms with Gasteiger partial charge in [-0.15, -0.1) is 0 Å². The van der Waals surface area contributed by atoms with E-state index in [0.717, 1.165) is 63.2 Å². The van der Waals surface area contributed by atoms with Gasteiger partial charge in [0.2, 0.25) is 0 Å². The molecule has 136 valence electrons. The molecule has 0 spiro atoms. The molecule has 0 aliphatic carbocycles. The van der Waals surface area contributed by atoms with Crippen molar-refractivity contribution in [2.75, 3.05) is 46.3 Å². The van der Waals surface area contributed by atoms with Crippen LogP contribution in [0.3, 0.4) is 0 Å². The molecular weight excluding hydrogens is 304 g/mol. The van der Waals surface area contributed by atoms with Crippen molar-refractivity contribution in [3.63, 3.8) is 0 Å². The number of hydrogen-bond donors (Lipinski definition) is 2. The zero-order valence-corrected chi connectivity index (χ0v) is 15.7. The van der Waals surface area contributed by atoms with Gasteiger partial charge in [0.25, 0.3) is 0 Å². The first-order valence-corrected chi connectivity index (χ1v) is 8.72. The first-order valence-electron chi connectivity index (χ1n) is 8.72. The van der Waals surface area contributed by atoms with Gasteiger partial charge in [-0.25, -0.2) is 0 Å². The van der Waals surface area contributed by atoms with E-state index in [1.807, 2.05) is 20.0 Å². The fraction of sp³-hybridized carbons (Fsp3) is 0.765. The molecule has 1 aromatic rings. The zero-order valence-electron chi connectivity index (χ0n) is 15.7. The summed E-state index contributed by atoms with van der Waals surface area (Å²) in [5, 5.41) is 11.0. The second-order valence-electron chi connectivity index (χ2n) is 7.34. The van der Waals surface area contributed by atoms with Crippen molar-refractivity contribution in [2.24, 2.45) is 4.99 Å². The van der Waals surface area contributed by atoms with Gasteiger partial charge in [-0.05, 0) is 27.7 Å². The third kappa shape index (κ3) is 6.13. The Kier molecular flexibility index (Phi) is 6.62. The minimum Gasteiger partial charge on any atom is -0.361 e. The minimum atomic E-state index is 0.149. The van der Waals surface area contributed by atoms with Gasteiger partial charge < -0.3 is 20.1 Å². The Balaban J connectivity index is 1.71. The van der Waals surface area contributed by atoms with E-state index < -0.39 is 0 Å². The minimum absolute atomic E-state index is 0.149. The van der Waals surface area contributed by atoms with E-state index >= 15 is 0 Å². The van der Waals surface area contributed by atoms with E-state index in [4.69, 9.17) is 4.52 Å². The Bertz CT molecular complexity index is 525. The predicted molar refractivity (Wildman–Crippen MR) is 97.2 cm³/mol. The molecule has 0 radical (unpaired) electrons. The molecule has 1 aliphatic heterocycles. The van der Waals surface area contributed by atoms with Crippen LogP contribution >= 0.6 is 0 Å². The lowest BCUT2D eigenvalue weighted by Crippen LogP contribution is -2.53. The number of piperazine rings is 1. The number of nitrogens with one attached hydrogen (secondary N) is 2. The molecule has 7 nitrogen and oxygen atoms in total. The number of aliphatic imine (C=N–C) groups is 1. The fourth-order valence-corrected chi connectivity index (χ4v) is 2.78. The van der Waals surface area contributed by atoms with Gasteiger partial charge >= 0.3 is 0 Å². The molecule has 7 heteroatoms. The van der Waals surface area contributed by atoms with Gasteiger partial charge in [-0.2, -0.15) is 0 Å². The smallest absolute Gasteiger partial charge is 0.193 e. The van der Waals surface area contributed by atoms with Crippen molar-refractivity contribution in [1.82, 2.24) is 25.6 Å². The molecule has 24 heavy (non-hydrogen) atoms. The van der Waals surface area contributed by atoms with Crippen LogP contribution in [0.1, 0.15) is 32.2 Å². The van der Waals surface area contributed by atoms with Crippen molar-refractivity contribution in [3.05, 3.63) is 17.5 Å². The van der Waals surface area contributed by atoms with E-state index in [0.29, 0.717) is 0 Å². The normalized spacial score (nSPS) is 17.4. The van der Waals surface area contributed by atoms with Crippen molar-refractivity contribution >= 4 is 5.96 Å². The Morgan fingerprint density at radius 3 is 2.50 bits per heavy atom. The lowest BCUT2D eigenvalue weighted by atomic mass is 10.1. The van der Waals surface area contributed by atoms with Crippen LogP contribution < -0.4 is 10.6 Å². The lowest BCUT2D eigenvalue weighted by Gasteiger charge is -2.36.